The normalized spacial score (nSPS) is 14.3. The smallest absolute Gasteiger partial charge is 0.308 e. The molecule has 0 saturated heterocycles. The van der Waals surface area contributed by atoms with Crippen molar-refractivity contribution in [3.8, 4) is 0 Å². The van der Waals surface area contributed by atoms with Crippen LogP contribution in [0.15, 0.2) is 36.4 Å². The van der Waals surface area contributed by atoms with Gasteiger partial charge in [-0.3, -0.25) is 14.4 Å². The number of hydrogen-bond donors (Lipinski definition) is 2. The fraction of sp³-hybridized carbons (Fsp3) is 0.381. The number of amides is 2. The Hall–Kier alpha value is -2.38. The Labute approximate surface area is 178 Å². The fourth-order valence-electron chi connectivity index (χ4n) is 2.80. The molecule has 1 aliphatic carbocycles. The maximum Gasteiger partial charge on any atom is 0.308 e. The summed E-state index contributed by atoms with van der Waals surface area (Å²) in [5, 5.41) is 6.78. The van der Waals surface area contributed by atoms with Gasteiger partial charge in [0.1, 0.15) is 0 Å². The molecule has 1 saturated carbocycles. The molecule has 1 heterocycles. The highest BCUT2D eigenvalue weighted by molar-refractivity contribution is 7.18. The van der Waals surface area contributed by atoms with E-state index in [2.05, 4.69) is 10.6 Å². The van der Waals surface area contributed by atoms with E-state index in [1.807, 2.05) is 0 Å². The monoisotopic (exact) mass is 434 g/mol. The van der Waals surface area contributed by atoms with Crippen LogP contribution in [0.1, 0.15) is 54.4 Å². The van der Waals surface area contributed by atoms with Crippen LogP contribution in [0, 0.1) is 5.92 Å². The van der Waals surface area contributed by atoms with Crippen LogP contribution in [-0.2, 0) is 14.3 Å². The molecule has 3 rings (SSSR count). The number of hydrogen-bond acceptors (Lipinski definition) is 5. The molecule has 2 N–H and O–H groups in total. The molecular weight excluding hydrogens is 412 g/mol. The van der Waals surface area contributed by atoms with Crippen molar-refractivity contribution in [2.24, 2.45) is 5.92 Å². The average Bonchev–Trinajstić information content (AvgIpc) is 3.40. The Morgan fingerprint density at radius 3 is 2.55 bits per heavy atom. The van der Waals surface area contributed by atoms with E-state index in [4.69, 9.17) is 16.3 Å². The molecule has 6 nitrogen and oxygen atoms in total. The predicted molar refractivity (Wildman–Crippen MR) is 113 cm³/mol. The predicted octanol–water partition coefficient (Wildman–Crippen LogP) is 4.56. The molecule has 29 heavy (non-hydrogen) atoms. The minimum absolute atomic E-state index is 0.0100. The Bertz CT molecular complexity index is 908. The number of rotatable bonds is 8. The van der Waals surface area contributed by atoms with Crippen LogP contribution < -0.4 is 10.6 Å². The summed E-state index contributed by atoms with van der Waals surface area (Å²) in [5.74, 6) is -0.687. The van der Waals surface area contributed by atoms with Crippen LogP contribution in [-0.4, -0.2) is 23.9 Å². The van der Waals surface area contributed by atoms with Crippen LogP contribution in [0.3, 0.4) is 0 Å². The van der Waals surface area contributed by atoms with Crippen LogP contribution in [0.25, 0.3) is 0 Å². The van der Waals surface area contributed by atoms with Gasteiger partial charge in [-0.1, -0.05) is 29.8 Å². The molecule has 1 aromatic heterocycles. The van der Waals surface area contributed by atoms with E-state index in [1.165, 1.54) is 11.3 Å². The summed E-state index contributed by atoms with van der Waals surface area (Å²) in [6, 6.07) is 9.78. The van der Waals surface area contributed by atoms with Crippen molar-refractivity contribution in [3.05, 3.63) is 51.9 Å². The number of nitrogens with one attached hydrogen (secondary N) is 2. The number of halogens is 1. The zero-order valence-corrected chi connectivity index (χ0v) is 17.8. The molecule has 0 radical (unpaired) electrons. The third-order valence-corrected chi connectivity index (χ3v) is 5.69. The van der Waals surface area contributed by atoms with Crippen molar-refractivity contribution >= 4 is 45.7 Å². The maximum absolute atomic E-state index is 12.8. The lowest BCUT2D eigenvalue weighted by atomic mass is 10.0. The number of carbonyl (C=O) groups is 3. The zero-order chi connectivity index (χ0) is 21.0. The highest BCUT2D eigenvalue weighted by atomic mass is 35.5. The van der Waals surface area contributed by atoms with Gasteiger partial charge < -0.3 is 15.4 Å². The minimum Gasteiger partial charge on any atom is -0.463 e. The quantitative estimate of drug-likeness (QED) is 0.596. The van der Waals surface area contributed by atoms with Gasteiger partial charge in [0.15, 0.2) is 0 Å². The number of carbonyl (C=O) groups excluding carboxylic acids is 3. The Morgan fingerprint density at radius 2 is 1.90 bits per heavy atom. The molecule has 1 aromatic carbocycles. The van der Waals surface area contributed by atoms with Crippen molar-refractivity contribution < 1.29 is 19.1 Å². The van der Waals surface area contributed by atoms with Gasteiger partial charge in [-0.25, -0.2) is 0 Å². The van der Waals surface area contributed by atoms with Crippen molar-refractivity contribution in [2.75, 3.05) is 5.32 Å². The first-order valence-electron chi connectivity index (χ1n) is 9.49. The van der Waals surface area contributed by atoms with E-state index < -0.39 is 12.0 Å². The number of ether oxygens (including phenoxy) is 1. The maximum atomic E-state index is 12.8. The van der Waals surface area contributed by atoms with Crippen LogP contribution in [0.2, 0.25) is 5.02 Å². The van der Waals surface area contributed by atoms with Crippen LogP contribution in [0.5, 0.6) is 0 Å². The first-order chi connectivity index (χ1) is 13.8. The first-order valence-corrected chi connectivity index (χ1v) is 10.7. The molecule has 1 unspecified atom stereocenters. The summed E-state index contributed by atoms with van der Waals surface area (Å²) in [6.07, 6.45) is 1.54. The van der Waals surface area contributed by atoms with Gasteiger partial charge in [0.25, 0.3) is 5.91 Å². The lowest BCUT2D eigenvalue weighted by molar-refractivity contribution is -0.147. The molecule has 2 amide bonds. The van der Waals surface area contributed by atoms with Gasteiger partial charge in [0.2, 0.25) is 5.91 Å². The largest absolute Gasteiger partial charge is 0.463 e. The van der Waals surface area contributed by atoms with E-state index in [9.17, 15) is 14.4 Å². The lowest BCUT2D eigenvalue weighted by Crippen LogP contribution is -2.30. The molecule has 1 aliphatic rings. The second-order valence-electron chi connectivity index (χ2n) is 7.22. The molecule has 0 spiro atoms. The van der Waals surface area contributed by atoms with Gasteiger partial charge in [-0.15, -0.1) is 11.3 Å². The van der Waals surface area contributed by atoms with Crippen molar-refractivity contribution in [3.63, 3.8) is 0 Å². The third-order valence-electron chi connectivity index (χ3n) is 4.35. The van der Waals surface area contributed by atoms with Gasteiger partial charge in [0.05, 0.1) is 28.4 Å². The molecular formula is C21H23ClN2O4S. The Morgan fingerprint density at radius 1 is 1.17 bits per heavy atom. The topological polar surface area (TPSA) is 84.5 Å². The molecule has 0 aliphatic heterocycles. The second kappa shape index (κ2) is 9.41. The SMILES string of the molecule is CC(C)OC(=O)CC(NC(=O)c1ccc(NC(=O)C2CC2)s1)c1ccccc1Cl. The van der Waals surface area contributed by atoms with E-state index in [0.717, 1.165) is 12.8 Å². The van der Waals surface area contributed by atoms with Gasteiger partial charge in [0, 0.05) is 10.9 Å². The number of thiophene rings is 1. The van der Waals surface area contributed by atoms with Gasteiger partial charge >= 0.3 is 5.97 Å². The summed E-state index contributed by atoms with van der Waals surface area (Å²) >= 11 is 7.48. The molecule has 154 valence electrons. The summed E-state index contributed by atoms with van der Waals surface area (Å²) in [5.41, 5.74) is 0.641. The Kier molecular flexibility index (Phi) is 6.92. The Balaban J connectivity index is 1.71. The van der Waals surface area contributed by atoms with E-state index in [-0.39, 0.29) is 30.3 Å². The summed E-state index contributed by atoms with van der Waals surface area (Å²) in [4.78, 5) is 37.3. The highest BCUT2D eigenvalue weighted by Crippen LogP contribution is 2.32. The molecule has 2 aromatic rings. The fourth-order valence-corrected chi connectivity index (χ4v) is 3.88. The number of benzene rings is 1. The van der Waals surface area contributed by atoms with E-state index in [0.29, 0.717) is 20.5 Å². The standard InChI is InChI=1S/C21H23ClN2O4S/c1-12(2)28-19(25)11-16(14-5-3-4-6-15(14)22)23-21(27)17-9-10-18(29-17)24-20(26)13-7-8-13/h3-6,9-10,12-13,16H,7-8,11H2,1-2H3,(H,23,27)(H,24,26). The van der Waals surface area contributed by atoms with Crippen LogP contribution >= 0.6 is 22.9 Å². The lowest BCUT2D eigenvalue weighted by Gasteiger charge is -2.20. The first kappa shape index (κ1) is 21.3. The highest BCUT2D eigenvalue weighted by Gasteiger charge is 2.30. The zero-order valence-electron chi connectivity index (χ0n) is 16.2. The summed E-state index contributed by atoms with van der Waals surface area (Å²) in [6.45, 7) is 3.54. The summed E-state index contributed by atoms with van der Waals surface area (Å²) < 4.78 is 5.23. The van der Waals surface area contributed by atoms with Crippen molar-refractivity contribution in [2.45, 2.75) is 45.3 Å². The van der Waals surface area contributed by atoms with E-state index in [1.54, 1.807) is 50.2 Å². The minimum atomic E-state index is -0.631. The van der Waals surface area contributed by atoms with Gasteiger partial charge in [-0.2, -0.15) is 0 Å². The molecule has 8 heteroatoms. The third kappa shape index (κ3) is 6.05. The summed E-state index contributed by atoms with van der Waals surface area (Å²) in [7, 11) is 0. The average molecular weight is 435 g/mol. The van der Waals surface area contributed by atoms with Gasteiger partial charge in [-0.05, 0) is 50.5 Å². The number of anilines is 1. The number of esters is 1. The van der Waals surface area contributed by atoms with Crippen molar-refractivity contribution in [1.29, 1.82) is 0 Å². The van der Waals surface area contributed by atoms with Crippen molar-refractivity contribution in [1.82, 2.24) is 5.32 Å². The second-order valence-corrected chi connectivity index (χ2v) is 8.71. The molecule has 1 atom stereocenters. The van der Waals surface area contributed by atoms with Crippen LogP contribution in [0.4, 0.5) is 5.00 Å². The molecule has 0 bridgehead atoms. The van der Waals surface area contributed by atoms with E-state index >= 15 is 0 Å². The molecule has 1 fully saturated rings.